The van der Waals surface area contributed by atoms with Crippen molar-refractivity contribution >= 4 is 23.2 Å². The van der Waals surface area contributed by atoms with E-state index in [2.05, 4.69) is 19.2 Å². The van der Waals surface area contributed by atoms with Gasteiger partial charge in [-0.3, -0.25) is 9.59 Å². The fourth-order valence-corrected chi connectivity index (χ4v) is 5.02. The summed E-state index contributed by atoms with van der Waals surface area (Å²) in [5.41, 5.74) is 2.50. The SMILES string of the molecule is CC(C)CN1C(=O)c2ccccc2C(C(=O)NCc2ccccc2)C1c1cccs1. The van der Waals surface area contributed by atoms with Crippen LogP contribution in [0, 0.1) is 5.92 Å². The lowest BCUT2D eigenvalue weighted by atomic mass is 9.81. The Kier molecular flexibility index (Phi) is 6.00. The highest BCUT2D eigenvalue weighted by Gasteiger charge is 2.44. The summed E-state index contributed by atoms with van der Waals surface area (Å²) in [5.74, 6) is -0.189. The lowest BCUT2D eigenvalue weighted by molar-refractivity contribution is -0.124. The van der Waals surface area contributed by atoms with Crippen LogP contribution in [-0.2, 0) is 11.3 Å². The van der Waals surface area contributed by atoms with Gasteiger partial charge in [0.15, 0.2) is 0 Å². The van der Waals surface area contributed by atoms with Gasteiger partial charge in [0.2, 0.25) is 5.91 Å². The highest BCUT2D eigenvalue weighted by molar-refractivity contribution is 7.10. The third kappa shape index (κ3) is 4.03. The van der Waals surface area contributed by atoms with E-state index in [1.807, 2.05) is 77.0 Å². The summed E-state index contributed by atoms with van der Waals surface area (Å²) < 4.78 is 0. The molecule has 5 heteroatoms. The molecule has 1 aliphatic rings. The van der Waals surface area contributed by atoms with E-state index >= 15 is 0 Å². The molecule has 1 aromatic heterocycles. The predicted octanol–water partition coefficient (Wildman–Crippen LogP) is 5.00. The van der Waals surface area contributed by atoms with Crippen LogP contribution in [0.2, 0.25) is 0 Å². The van der Waals surface area contributed by atoms with Crippen LogP contribution in [0.1, 0.15) is 52.2 Å². The molecular weight excluding hydrogens is 392 g/mol. The molecule has 0 saturated heterocycles. The number of benzene rings is 2. The van der Waals surface area contributed by atoms with E-state index in [1.165, 1.54) is 0 Å². The van der Waals surface area contributed by atoms with Gasteiger partial charge in [-0.2, -0.15) is 0 Å². The molecule has 0 fully saturated rings. The van der Waals surface area contributed by atoms with Crippen LogP contribution in [0.4, 0.5) is 0 Å². The number of nitrogens with one attached hydrogen (secondary N) is 1. The van der Waals surface area contributed by atoms with Gasteiger partial charge >= 0.3 is 0 Å². The van der Waals surface area contributed by atoms with Crippen LogP contribution in [0.15, 0.2) is 72.1 Å². The third-order valence-corrected chi connectivity index (χ3v) is 6.37. The average Bonchev–Trinajstić information content (AvgIpc) is 3.29. The van der Waals surface area contributed by atoms with Gasteiger partial charge in [0.1, 0.15) is 0 Å². The van der Waals surface area contributed by atoms with E-state index in [9.17, 15) is 9.59 Å². The van der Waals surface area contributed by atoms with Gasteiger partial charge in [-0.1, -0.05) is 68.4 Å². The van der Waals surface area contributed by atoms with Gasteiger partial charge in [-0.15, -0.1) is 11.3 Å². The molecule has 0 aliphatic carbocycles. The molecule has 3 aromatic rings. The summed E-state index contributed by atoms with van der Waals surface area (Å²) in [6.07, 6.45) is 0. The fourth-order valence-electron chi connectivity index (χ4n) is 4.14. The second-order valence-electron chi connectivity index (χ2n) is 8.08. The minimum absolute atomic E-state index is 0.00445. The van der Waals surface area contributed by atoms with Crippen molar-refractivity contribution in [2.24, 2.45) is 5.92 Å². The number of fused-ring (bicyclic) bond motifs is 1. The molecule has 2 heterocycles. The van der Waals surface area contributed by atoms with Gasteiger partial charge < -0.3 is 10.2 Å². The summed E-state index contributed by atoms with van der Waals surface area (Å²) in [7, 11) is 0. The Balaban J connectivity index is 1.74. The fraction of sp³-hybridized carbons (Fsp3) is 0.280. The first-order chi connectivity index (χ1) is 14.6. The van der Waals surface area contributed by atoms with Crippen molar-refractivity contribution < 1.29 is 9.59 Å². The lowest BCUT2D eigenvalue weighted by Gasteiger charge is -2.42. The van der Waals surface area contributed by atoms with Crippen molar-refractivity contribution in [2.75, 3.05) is 6.54 Å². The summed E-state index contributed by atoms with van der Waals surface area (Å²) in [6, 6.07) is 21.2. The molecule has 0 radical (unpaired) electrons. The molecule has 2 unspecified atom stereocenters. The monoisotopic (exact) mass is 418 g/mol. The van der Waals surface area contributed by atoms with Crippen molar-refractivity contribution in [3.63, 3.8) is 0 Å². The molecule has 4 rings (SSSR count). The van der Waals surface area contributed by atoms with Gasteiger partial charge in [-0.25, -0.2) is 0 Å². The molecule has 1 N–H and O–H groups in total. The molecule has 2 aromatic carbocycles. The van der Waals surface area contributed by atoms with Gasteiger partial charge in [0, 0.05) is 23.5 Å². The molecular formula is C25H26N2O2S. The zero-order valence-electron chi connectivity index (χ0n) is 17.2. The number of carbonyl (C=O) groups is 2. The summed E-state index contributed by atoms with van der Waals surface area (Å²) in [6.45, 7) is 5.28. The van der Waals surface area contributed by atoms with Crippen LogP contribution >= 0.6 is 11.3 Å². The predicted molar refractivity (Wildman–Crippen MR) is 120 cm³/mol. The maximum atomic E-state index is 13.5. The molecule has 2 amide bonds. The third-order valence-electron chi connectivity index (χ3n) is 5.43. The molecule has 154 valence electrons. The van der Waals surface area contributed by atoms with Crippen LogP contribution in [0.3, 0.4) is 0 Å². The standard InChI is InChI=1S/C25H26N2O2S/c1-17(2)16-27-23(21-13-8-14-30-21)22(19-11-6-7-12-20(19)25(27)29)24(28)26-15-18-9-4-3-5-10-18/h3-14,17,22-23H,15-16H2,1-2H3,(H,26,28). The smallest absolute Gasteiger partial charge is 0.254 e. The maximum absolute atomic E-state index is 13.5. The van der Waals surface area contributed by atoms with E-state index in [1.54, 1.807) is 11.3 Å². The summed E-state index contributed by atoms with van der Waals surface area (Å²) >= 11 is 1.60. The van der Waals surface area contributed by atoms with E-state index in [0.717, 1.165) is 16.0 Å². The van der Waals surface area contributed by atoms with Crippen molar-refractivity contribution in [3.05, 3.63) is 93.7 Å². The first kappa shape index (κ1) is 20.4. The number of rotatable bonds is 6. The van der Waals surface area contributed by atoms with Gasteiger partial charge in [-0.05, 0) is 34.6 Å². The number of thiophene rings is 1. The number of amides is 2. The first-order valence-corrected chi connectivity index (χ1v) is 11.2. The Bertz CT molecular complexity index is 1010. The zero-order valence-corrected chi connectivity index (χ0v) is 18.1. The van der Waals surface area contributed by atoms with Crippen molar-refractivity contribution in [2.45, 2.75) is 32.4 Å². The van der Waals surface area contributed by atoms with E-state index in [0.29, 0.717) is 24.6 Å². The number of carbonyl (C=O) groups excluding carboxylic acids is 2. The number of hydrogen-bond donors (Lipinski definition) is 1. The van der Waals surface area contributed by atoms with Crippen molar-refractivity contribution in [3.8, 4) is 0 Å². The molecule has 0 saturated carbocycles. The molecule has 2 atom stereocenters. The highest BCUT2D eigenvalue weighted by Crippen LogP contribution is 2.44. The lowest BCUT2D eigenvalue weighted by Crippen LogP contribution is -2.48. The quantitative estimate of drug-likeness (QED) is 0.612. The van der Waals surface area contributed by atoms with Crippen LogP contribution in [-0.4, -0.2) is 23.3 Å². The van der Waals surface area contributed by atoms with Gasteiger partial charge in [0.25, 0.3) is 5.91 Å². The second-order valence-corrected chi connectivity index (χ2v) is 9.06. The molecule has 0 spiro atoms. The van der Waals surface area contributed by atoms with Crippen LogP contribution < -0.4 is 5.32 Å². The van der Waals surface area contributed by atoms with E-state index in [-0.39, 0.29) is 17.9 Å². The van der Waals surface area contributed by atoms with Crippen LogP contribution in [0.5, 0.6) is 0 Å². The Morgan fingerprint density at radius 1 is 1.03 bits per heavy atom. The van der Waals surface area contributed by atoms with Crippen molar-refractivity contribution in [1.29, 1.82) is 0 Å². The molecule has 30 heavy (non-hydrogen) atoms. The normalized spacial score (nSPS) is 18.4. The Hall–Kier alpha value is -2.92. The largest absolute Gasteiger partial charge is 0.351 e. The molecule has 0 bridgehead atoms. The zero-order chi connectivity index (χ0) is 21.1. The maximum Gasteiger partial charge on any atom is 0.254 e. The highest BCUT2D eigenvalue weighted by atomic mass is 32.1. The summed E-state index contributed by atoms with van der Waals surface area (Å²) in [4.78, 5) is 29.9. The average molecular weight is 419 g/mol. The first-order valence-electron chi connectivity index (χ1n) is 10.3. The molecule has 4 nitrogen and oxygen atoms in total. The van der Waals surface area contributed by atoms with Gasteiger partial charge in [0.05, 0.1) is 12.0 Å². The van der Waals surface area contributed by atoms with Crippen LogP contribution in [0.25, 0.3) is 0 Å². The Morgan fingerprint density at radius 2 is 1.77 bits per heavy atom. The van der Waals surface area contributed by atoms with E-state index in [4.69, 9.17) is 0 Å². The van der Waals surface area contributed by atoms with E-state index < -0.39 is 5.92 Å². The minimum atomic E-state index is -0.444. The Morgan fingerprint density at radius 3 is 2.47 bits per heavy atom. The Labute approximate surface area is 181 Å². The number of hydrogen-bond acceptors (Lipinski definition) is 3. The second kappa shape index (κ2) is 8.84. The topological polar surface area (TPSA) is 49.4 Å². The number of nitrogens with zero attached hydrogens (tertiary/aromatic N) is 1. The summed E-state index contributed by atoms with van der Waals surface area (Å²) in [5, 5.41) is 5.12. The molecule has 1 aliphatic heterocycles. The van der Waals surface area contributed by atoms with Crippen molar-refractivity contribution in [1.82, 2.24) is 10.2 Å². The minimum Gasteiger partial charge on any atom is -0.351 e.